The maximum Gasteiger partial charge on any atom is 0.0265 e. The Labute approximate surface area is 204 Å². The summed E-state index contributed by atoms with van der Waals surface area (Å²) < 4.78 is 0. The van der Waals surface area contributed by atoms with Crippen LogP contribution in [0.3, 0.4) is 0 Å². The van der Waals surface area contributed by atoms with Crippen molar-refractivity contribution in [1.29, 1.82) is 0 Å². The first-order valence-corrected chi connectivity index (χ1v) is 7.78. The van der Waals surface area contributed by atoms with Crippen LogP contribution in [0.4, 0.5) is 0 Å². The van der Waals surface area contributed by atoms with Crippen LogP contribution in [0.5, 0.6) is 0 Å². The van der Waals surface area contributed by atoms with Gasteiger partial charge in [0.15, 0.2) is 0 Å². The van der Waals surface area contributed by atoms with E-state index >= 15 is 0 Å². The molecular formula is C22H14N2Y2-2. The fraction of sp³-hybridized carbons (Fsp3) is 0. The summed E-state index contributed by atoms with van der Waals surface area (Å²) in [5.74, 6) is 0. The van der Waals surface area contributed by atoms with Crippen molar-refractivity contribution in [3.8, 4) is 33.6 Å². The molecule has 0 unspecified atom stereocenters. The monoisotopic (exact) mass is 484 g/mol. The SMILES string of the molecule is [Y].[Y].[c-]1cccc(-c2ccccn2)c1-c1[c-]cccc1-c1ccccn1. The normalized spacial score (nSPS) is 9.69. The maximum absolute atomic E-state index is 4.49. The molecule has 0 bridgehead atoms. The van der Waals surface area contributed by atoms with Gasteiger partial charge in [0.2, 0.25) is 0 Å². The van der Waals surface area contributed by atoms with E-state index in [0.29, 0.717) is 0 Å². The number of pyridine rings is 2. The van der Waals surface area contributed by atoms with Crippen LogP contribution in [-0.4, -0.2) is 9.97 Å². The summed E-state index contributed by atoms with van der Waals surface area (Å²) in [6.07, 6.45) is 3.61. The van der Waals surface area contributed by atoms with E-state index in [1.807, 2.05) is 60.7 Å². The van der Waals surface area contributed by atoms with Crippen molar-refractivity contribution in [2.75, 3.05) is 0 Å². The molecule has 2 radical (unpaired) electrons. The van der Waals surface area contributed by atoms with E-state index in [-0.39, 0.29) is 65.4 Å². The second-order valence-corrected chi connectivity index (χ2v) is 5.35. The van der Waals surface area contributed by atoms with Crippen molar-refractivity contribution in [3.05, 3.63) is 97.3 Å². The standard InChI is InChI=1S/C22H14N2.2Y/c1-3-11-19(21-13-5-7-15-23-21)17(9-1)18-10-2-4-12-20(18)22-14-6-8-16-24-22;;/h1-8,11-16H;;/q-2;;. The second-order valence-electron chi connectivity index (χ2n) is 5.35. The Morgan fingerprint density at radius 3 is 1.38 bits per heavy atom. The zero-order valence-corrected chi connectivity index (χ0v) is 19.8. The van der Waals surface area contributed by atoms with Crippen molar-refractivity contribution >= 4 is 0 Å². The van der Waals surface area contributed by atoms with Crippen molar-refractivity contribution < 1.29 is 65.4 Å². The van der Waals surface area contributed by atoms with Gasteiger partial charge in [0, 0.05) is 89.2 Å². The molecule has 0 fully saturated rings. The molecule has 0 aliphatic rings. The molecule has 4 rings (SSSR count). The van der Waals surface area contributed by atoms with Gasteiger partial charge in [0.25, 0.3) is 0 Å². The molecule has 0 aliphatic heterocycles. The van der Waals surface area contributed by atoms with Crippen LogP contribution in [0.25, 0.3) is 33.6 Å². The van der Waals surface area contributed by atoms with Crippen LogP contribution in [0.15, 0.2) is 85.2 Å². The molecule has 0 spiro atoms. The van der Waals surface area contributed by atoms with Gasteiger partial charge in [0.05, 0.1) is 0 Å². The third-order valence-corrected chi connectivity index (χ3v) is 3.84. The van der Waals surface area contributed by atoms with Crippen LogP contribution in [0.1, 0.15) is 0 Å². The van der Waals surface area contributed by atoms with Gasteiger partial charge in [-0.3, -0.25) is 9.97 Å². The molecular weight excluding hydrogens is 470 g/mol. The maximum atomic E-state index is 4.49. The summed E-state index contributed by atoms with van der Waals surface area (Å²) in [7, 11) is 0. The molecule has 4 aromatic rings. The summed E-state index contributed by atoms with van der Waals surface area (Å²) in [5.41, 5.74) is 5.90. The van der Waals surface area contributed by atoms with E-state index in [4.69, 9.17) is 0 Å². The van der Waals surface area contributed by atoms with E-state index in [1.54, 1.807) is 12.4 Å². The van der Waals surface area contributed by atoms with Crippen LogP contribution >= 0.6 is 0 Å². The van der Waals surface area contributed by atoms with Gasteiger partial charge in [-0.05, 0) is 24.3 Å². The summed E-state index contributed by atoms with van der Waals surface area (Å²) in [4.78, 5) is 8.98. The van der Waals surface area contributed by atoms with Crippen molar-refractivity contribution in [2.45, 2.75) is 0 Å². The van der Waals surface area contributed by atoms with Crippen molar-refractivity contribution in [3.63, 3.8) is 0 Å². The van der Waals surface area contributed by atoms with Crippen molar-refractivity contribution in [2.24, 2.45) is 0 Å². The molecule has 2 aromatic heterocycles. The molecule has 0 aliphatic carbocycles. The number of nitrogens with zero attached hydrogens (tertiary/aromatic N) is 2. The van der Waals surface area contributed by atoms with Gasteiger partial charge in [-0.2, -0.15) is 24.3 Å². The molecule has 2 nitrogen and oxygen atoms in total. The molecule has 26 heavy (non-hydrogen) atoms. The Morgan fingerprint density at radius 1 is 0.538 bits per heavy atom. The van der Waals surface area contributed by atoms with Gasteiger partial charge in [-0.25, -0.2) is 11.1 Å². The number of hydrogen-bond donors (Lipinski definition) is 0. The molecule has 0 atom stereocenters. The number of aromatic nitrogens is 2. The largest absolute Gasteiger partial charge is 0.267 e. The molecule has 0 N–H and O–H groups in total. The van der Waals surface area contributed by atoms with E-state index < -0.39 is 0 Å². The summed E-state index contributed by atoms with van der Waals surface area (Å²) in [5, 5.41) is 0. The Morgan fingerprint density at radius 2 is 1.00 bits per heavy atom. The number of benzene rings is 2. The molecule has 0 saturated carbocycles. The van der Waals surface area contributed by atoms with Gasteiger partial charge in [0.1, 0.15) is 0 Å². The van der Waals surface area contributed by atoms with Crippen LogP contribution in [0.2, 0.25) is 0 Å². The number of rotatable bonds is 3. The minimum Gasteiger partial charge on any atom is -0.267 e. The van der Waals surface area contributed by atoms with Crippen LogP contribution in [-0.2, 0) is 65.4 Å². The van der Waals surface area contributed by atoms with E-state index in [9.17, 15) is 0 Å². The predicted octanol–water partition coefficient (Wildman–Crippen LogP) is 5.07. The van der Waals surface area contributed by atoms with Gasteiger partial charge < -0.3 is 0 Å². The fourth-order valence-electron chi connectivity index (χ4n) is 2.76. The molecule has 2 heterocycles. The van der Waals surface area contributed by atoms with E-state index in [2.05, 4.69) is 34.2 Å². The molecule has 0 saturated heterocycles. The van der Waals surface area contributed by atoms with Gasteiger partial charge >= 0.3 is 0 Å². The molecule has 4 heteroatoms. The van der Waals surface area contributed by atoms with Crippen LogP contribution < -0.4 is 0 Å². The molecule has 2 aromatic carbocycles. The quantitative estimate of drug-likeness (QED) is 0.380. The minimum absolute atomic E-state index is 0. The topological polar surface area (TPSA) is 25.8 Å². The zero-order chi connectivity index (χ0) is 16.2. The second kappa shape index (κ2) is 10.3. The van der Waals surface area contributed by atoms with Crippen molar-refractivity contribution in [1.82, 2.24) is 9.97 Å². The first kappa shape index (κ1) is 21.3. The van der Waals surface area contributed by atoms with E-state index in [1.165, 1.54) is 0 Å². The Bertz CT molecular complexity index is 877. The third kappa shape index (κ3) is 4.61. The molecule has 120 valence electrons. The Balaban J connectivity index is 0.00000121. The smallest absolute Gasteiger partial charge is 0.0265 e. The van der Waals surface area contributed by atoms with Gasteiger partial charge in [-0.15, -0.1) is 35.4 Å². The van der Waals surface area contributed by atoms with Gasteiger partial charge in [-0.1, -0.05) is 12.1 Å². The average Bonchev–Trinajstić information content (AvgIpc) is 2.69. The minimum atomic E-state index is 0. The average molecular weight is 484 g/mol. The first-order valence-electron chi connectivity index (χ1n) is 7.78. The molecule has 0 amide bonds. The number of hydrogen-bond acceptors (Lipinski definition) is 2. The zero-order valence-electron chi connectivity index (χ0n) is 14.1. The van der Waals surface area contributed by atoms with E-state index in [0.717, 1.165) is 33.6 Å². The Hall–Kier alpha value is -1.05. The van der Waals surface area contributed by atoms with Crippen LogP contribution in [0, 0.1) is 12.1 Å². The summed E-state index contributed by atoms with van der Waals surface area (Å²) in [6, 6.07) is 30.5. The summed E-state index contributed by atoms with van der Waals surface area (Å²) >= 11 is 0. The third-order valence-electron chi connectivity index (χ3n) is 3.84. The Kier molecular flexibility index (Phi) is 8.44. The first-order chi connectivity index (χ1) is 11.9. The fourth-order valence-corrected chi connectivity index (χ4v) is 2.76. The predicted molar refractivity (Wildman–Crippen MR) is 96.0 cm³/mol. The summed E-state index contributed by atoms with van der Waals surface area (Å²) in [6.45, 7) is 0.